The van der Waals surface area contributed by atoms with E-state index in [1.165, 1.54) is 18.2 Å². The Balaban J connectivity index is 1.72. The highest BCUT2D eigenvalue weighted by Crippen LogP contribution is 2.44. The number of aromatic nitrogens is 2. The normalized spacial score (nSPS) is 20.4. The Morgan fingerprint density at radius 3 is 2.58 bits per heavy atom. The lowest BCUT2D eigenvalue weighted by Crippen LogP contribution is -2.59. The van der Waals surface area contributed by atoms with E-state index in [0.717, 1.165) is 10.9 Å². The molecule has 0 spiro atoms. The van der Waals surface area contributed by atoms with Gasteiger partial charge in [-0.15, -0.1) is 0 Å². The van der Waals surface area contributed by atoms with Crippen LogP contribution in [0.3, 0.4) is 0 Å². The Kier molecular flexibility index (Phi) is 4.95. The zero-order valence-electron chi connectivity index (χ0n) is 15.8. The highest BCUT2D eigenvalue weighted by atomic mass is 19.4. The first-order chi connectivity index (χ1) is 14.6. The zero-order chi connectivity index (χ0) is 22.4. The fraction of sp³-hybridized carbons (Fsp3) is 0.350. The van der Waals surface area contributed by atoms with Gasteiger partial charge in [-0.2, -0.15) is 13.2 Å². The van der Waals surface area contributed by atoms with Crippen LogP contribution >= 0.6 is 0 Å². The summed E-state index contributed by atoms with van der Waals surface area (Å²) in [5.74, 6) is 4.70. The topological polar surface area (TPSA) is 76.0 Å². The van der Waals surface area contributed by atoms with Crippen molar-refractivity contribution in [2.75, 3.05) is 5.32 Å². The quantitative estimate of drug-likeness (QED) is 0.569. The molecule has 1 fully saturated rings. The number of carbonyl (C=O) groups is 1. The van der Waals surface area contributed by atoms with Crippen LogP contribution in [-0.4, -0.2) is 21.8 Å². The number of urea groups is 1. The van der Waals surface area contributed by atoms with Crippen LogP contribution in [0.1, 0.15) is 36.1 Å². The Hall–Kier alpha value is -3.42. The third-order valence-electron chi connectivity index (χ3n) is 4.98. The molecule has 11 heteroatoms. The highest BCUT2D eigenvalue weighted by molar-refractivity contribution is 5.95. The molecule has 0 saturated heterocycles. The van der Waals surface area contributed by atoms with Gasteiger partial charge in [0.25, 0.3) is 12.0 Å². The maximum atomic E-state index is 14.1. The van der Waals surface area contributed by atoms with Gasteiger partial charge in [0.1, 0.15) is 5.69 Å². The van der Waals surface area contributed by atoms with E-state index in [4.69, 9.17) is 0 Å². The molecule has 2 aromatic rings. The number of fused-ring (bicyclic) bond motifs is 1. The van der Waals surface area contributed by atoms with E-state index in [0.29, 0.717) is 24.5 Å². The second kappa shape index (κ2) is 7.37. The van der Waals surface area contributed by atoms with Gasteiger partial charge in [-0.1, -0.05) is 24.0 Å². The number of benzene rings is 1. The van der Waals surface area contributed by atoms with Gasteiger partial charge >= 0.3 is 12.2 Å². The van der Waals surface area contributed by atoms with Crippen molar-refractivity contribution in [2.45, 2.75) is 37.5 Å². The summed E-state index contributed by atoms with van der Waals surface area (Å²) in [6.45, 7) is -0.140. The number of hydrogen-bond donors (Lipinski definition) is 2. The number of carbonyl (C=O) groups excluding carboxylic acids is 1. The summed E-state index contributed by atoms with van der Waals surface area (Å²) in [5.41, 5.74) is -4.28. The number of rotatable bonds is 3. The number of nitrogens with zero attached hydrogens (tertiary/aromatic N) is 2. The lowest BCUT2D eigenvalue weighted by atomic mass is 9.85. The number of alkyl halides is 5. The largest absolute Gasteiger partial charge is 0.427 e. The van der Waals surface area contributed by atoms with E-state index >= 15 is 0 Å². The predicted octanol–water partition coefficient (Wildman–Crippen LogP) is 3.54. The van der Waals surface area contributed by atoms with Gasteiger partial charge in [0, 0.05) is 23.2 Å². The van der Waals surface area contributed by atoms with Gasteiger partial charge in [0.2, 0.25) is 5.54 Å². The highest BCUT2D eigenvalue weighted by Gasteiger charge is 2.59. The van der Waals surface area contributed by atoms with Crippen molar-refractivity contribution in [3.63, 3.8) is 0 Å². The maximum absolute atomic E-state index is 14.1. The fourth-order valence-electron chi connectivity index (χ4n) is 3.22. The lowest BCUT2D eigenvalue weighted by Gasteiger charge is -2.37. The summed E-state index contributed by atoms with van der Waals surface area (Å²) in [6.07, 6.45) is -5.42. The SMILES string of the molecule is O=C1Nc2cc(Cn3cnc(C(F)F)cc3=O)ccc2[C@@](C#CC2CC2)(C(F)(F)F)N1. The molecule has 2 aliphatic rings. The number of amides is 2. The van der Waals surface area contributed by atoms with E-state index in [1.54, 1.807) is 0 Å². The minimum Gasteiger partial charge on any atom is -0.310 e. The van der Waals surface area contributed by atoms with Crippen LogP contribution in [0.25, 0.3) is 0 Å². The van der Waals surface area contributed by atoms with Gasteiger partial charge in [-0.25, -0.2) is 18.6 Å². The molecule has 1 aliphatic carbocycles. The van der Waals surface area contributed by atoms with Crippen molar-refractivity contribution in [1.82, 2.24) is 14.9 Å². The van der Waals surface area contributed by atoms with Crippen LogP contribution in [0, 0.1) is 17.8 Å². The van der Waals surface area contributed by atoms with Crippen LogP contribution in [0.4, 0.5) is 32.4 Å². The molecule has 0 unspecified atom stereocenters. The molecule has 1 saturated carbocycles. The molecular weight excluding hydrogens is 423 g/mol. The van der Waals surface area contributed by atoms with Crippen molar-refractivity contribution in [3.05, 3.63) is 57.8 Å². The van der Waals surface area contributed by atoms with E-state index in [9.17, 15) is 31.5 Å². The molecule has 6 nitrogen and oxygen atoms in total. The predicted molar refractivity (Wildman–Crippen MR) is 99.4 cm³/mol. The molecule has 2 heterocycles. The van der Waals surface area contributed by atoms with Crippen molar-refractivity contribution < 1.29 is 26.7 Å². The number of halogens is 5. The summed E-state index contributed by atoms with van der Waals surface area (Å²) in [7, 11) is 0. The maximum Gasteiger partial charge on any atom is 0.427 e. The number of hydrogen-bond acceptors (Lipinski definition) is 3. The monoisotopic (exact) mass is 438 g/mol. The second-order valence-corrected chi connectivity index (χ2v) is 7.33. The summed E-state index contributed by atoms with van der Waals surface area (Å²) >= 11 is 0. The summed E-state index contributed by atoms with van der Waals surface area (Å²) in [4.78, 5) is 27.6. The van der Waals surface area contributed by atoms with Crippen LogP contribution < -0.4 is 16.2 Å². The Morgan fingerprint density at radius 2 is 1.97 bits per heavy atom. The smallest absolute Gasteiger partial charge is 0.310 e. The third-order valence-corrected chi connectivity index (χ3v) is 4.98. The molecule has 1 aliphatic heterocycles. The van der Waals surface area contributed by atoms with Gasteiger partial charge < -0.3 is 10.6 Å². The molecule has 2 amide bonds. The molecule has 2 N–H and O–H groups in total. The number of anilines is 1. The molecule has 4 rings (SSSR count). The van der Waals surface area contributed by atoms with Gasteiger partial charge in [-0.05, 0) is 24.5 Å². The summed E-state index contributed by atoms with van der Waals surface area (Å²) in [6, 6.07) is 3.45. The first-order valence-corrected chi connectivity index (χ1v) is 9.25. The summed E-state index contributed by atoms with van der Waals surface area (Å²) in [5, 5.41) is 4.25. The van der Waals surface area contributed by atoms with E-state index in [-0.39, 0.29) is 23.7 Å². The van der Waals surface area contributed by atoms with Crippen molar-refractivity contribution >= 4 is 11.7 Å². The molecule has 162 valence electrons. The molecule has 0 radical (unpaired) electrons. The fourth-order valence-corrected chi connectivity index (χ4v) is 3.22. The average molecular weight is 438 g/mol. The molecule has 31 heavy (non-hydrogen) atoms. The third kappa shape index (κ3) is 3.97. The van der Waals surface area contributed by atoms with Gasteiger partial charge in [0.05, 0.1) is 12.9 Å². The van der Waals surface area contributed by atoms with Gasteiger partial charge in [-0.3, -0.25) is 9.36 Å². The van der Waals surface area contributed by atoms with Crippen molar-refractivity contribution in [1.29, 1.82) is 0 Å². The summed E-state index contributed by atoms with van der Waals surface area (Å²) < 4.78 is 68.5. The van der Waals surface area contributed by atoms with E-state index < -0.39 is 35.4 Å². The standard InChI is InChI=1S/C20H15F5N4O2/c21-17(22)15-8-16(30)29(10-26-15)9-12-3-4-13-14(7-12)27-18(31)28-19(13,20(23,24)25)6-5-11-1-2-11/h3-4,7-8,10-11,17H,1-2,9H2,(H2,27,28,31)/t19-/m0/s1. The Morgan fingerprint density at radius 1 is 1.23 bits per heavy atom. The Labute approximate surface area is 172 Å². The molecule has 1 aromatic carbocycles. The minimum atomic E-state index is -4.88. The Bertz CT molecular complexity index is 1160. The second-order valence-electron chi connectivity index (χ2n) is 7.33. The average Bonchev–Trinajstić information content (AvgIpc) is 3.50. The van der Waals surface area contributed by atoms with Crippen LogP contribution in [-0.2, 0) is 12.1 Å². The first-order valence-electron chi connectivity index (χ1n) is 9.25. The number of nitrogens with one attached hydrogen (secondary N) is 2. The van der Waals surface area contributed by atoms with Crippen molar-refractivity contribution in [2.24, 2.45) is 5.92 Å². The molecular formula is C20H15F5N4O2. The lowest BCUT2D eigenvalue weighted by molar-refractivity contribution is -0.178. The van der Waals surface area contributed by atoms with Crippen LogP contribution in [0.5, 0.6) is 0 Å². The van der Waals surface area contributed by atoms with E-state index in [1.807, 2.05) is 5.32 Å². The van der Waals surface area contributed by atoms with Crippen LogP contribution in [0.15, 0.2) is 35.4 Å². The van der Waals surface area contributed by atoms with Crippen LogP contribution in [0.2, 0.25) is 0 Å². The minimum absolute atomic E-state index is 0.103. The van der Waals surface area contributed by atoms with Crippen molar-refractivity contribution in [3.8, 4) is 11.8 Å². The first kappa shape index (κ1) is 20.8. The van der Waals surface area contributed by atoms with Gasteiger partial charge in [0.15, 0.2) is 0 Å². The molecule has 0 bridgehead atoms. The molecule has 1 aromatic heterocycles. The van der Waals surface area contributed by atoms with E-state index in [2.05, 4.69) is 22.1 Å². The molecule has 1 atom stereocenters. The zero-order valence-corrected chi connectivity index (χ0v) is 15.8.